The molecule has 2 rings (SSSR count). The third-order valence-electron chi connectivity index (χ3n) is 1.69. The Kier molecular flexibility index (Phi) is 2.40. The molecule has 72 valence electrons. The molecule has 0 unspecified atom stereocenters. The molecule has 0 fully saturated rings. The number of anilines is 1. The van der Waals surface area contributed by atoms with Crippen LogP contribution in [0.1, 0.15) is 5.69 Å². The molecule has 2 aromatic heterocycles. The number of halogens is 1. The summed E-state index contributed by atoms with van der Waals surface area (Å²) >= 11 is 0. The molecule has 4 nitrogen and oxygen atoms in total. The average Bonchev–Trinajstić information content (AvgIpc) is 2.69. The first kappa shape index (κ1) is 8.68. The van der Waals surface area contributed by atoms with Gasteiger partial charge >= 0.3 is 0 Å². The van der Waals surface area contributed by atoms with Crippen molar-refractivity contribution in [3.05, 3.63) is 42.2 Å². The second kappa shape index (κ2) is 3.87. The lowest BCUT2D eigenvalue weighted by molar-refractivity contribution is 0.412. The second-order valence-corrected chi connectivity index (χ2v) is 2.68. The van der Waals surface area contributed by atoms with E-state index in [4.69, 9.17) is 0 Å². The van der Waals surface area contributed by atoms with Crippen molar-refractivity contribution in [2.45, 2.75) is 6.54 Å². The number of nitrogens with zero attached hydrogens (tertiary/aromatic N) is 2. The lowest BCUT2D eigenvalue weighted by atomic mass is 10.4. The Hall–Kier alpha value is -1.91. The van der Waals surface area contributed by atoms with Crippen molar-refractivity contribution in [2.75, 3.05) is 5.32 Å². The molecular formula is C9H8FN3O. The fourth-order valence-electron chi connectivity index (χ4n) is 1.02. The number of pyridine rings is 1. The highest BCUT2D eigenvalue weighted by atomic mass is 19.1. The molecule has 0 aliphatic heterocycles. The summed E-state index contributed by atoms with van der Waals surface area (Å²) in [5.41, 5.74) is 0.704. The summed E-state index contributed by atoms with van der Waals surface area (Å²) in [6, 6.07) is 4.59. The minimum Gasteiger partial charge on any atom is -0.364 e. The zero-order chi connectivity index (χ0) is 9.80. The predicted molar refractivity (Wildman–Crippen MR) is 48.0 cm³/mol. The number of nitrogens with one attached hydrogen (secondary N) is 1. The van der Waals surface area contributed by atoms with Gasteiger partial charge in [-0.2, -0.15) is 0 Å². The number of hydrogen-bond donors (Lipinski definition) is 1. The highest BCUT2D eigenvalue weighted by Crippen LogP contribution is 2.09. The van der Waals surface area contributed by atoms with Crippen LogP contribution in [0.15, 0.2) is 35.2 Å². The van der Waals surface area contributed by atoms with Gasteiger partial charge in [0.15, 0.2) is 11.6 Å². The van der Waals surface area contributed by atoms with Gasteiger partial charge in [-0.3, -0.25) is 0 Å². The Bertz CT molecular complexity index is 402. The molecule has 5 heteroatoms. The van der Waals surface area contributed by atoms with E-state index < -0.39 is 0 Å². The molecule has 0 saturated heterocycles. The molecule has 0 radical (unpaired) electrons. The fourth-order valence-corrected chi connectivity index (χ4v) is 1.02. The molecule has 0 spiro atoms. The van der Waals surface area contributed by atoms with E-state index in [1.165, 1.54) is 24.6 Å². The molecule has 0 atom stereocenters. The molecule has 0 bridgehead atoms. The first-order valence-electron chi connectivity index (χ1n) is 4.10. The SMILES string of the molecule is Fc1cccnc1NCc1ccon1. The normalized spacial score (nSPS) is 10.1. The van der Waals surface area contributed by atoms with Crippen LogP contribution in [0.25, 0.3) is 0 Å². The lowest BCUT2D eigenvalue weighted by Gasteiger charge is -2.02. The van der Waals surface area contributed by atoms with Crippen molar-refractivity contribution in [3.63, 3.8) is 0 Å². The summed E-state index contributed by atoms with van der Waals surface area (Å²) in [6.07, 6.45) is 2.99. The Labute approximate surface area is 79.8 Å². The topological polar surface area (TPSA) is 51.0 Å². The van der Waals surface area contributed by atoms with E-state index in [2.05, 4.69) is 20.0 Å². The summed E-state index contributed by atoms with van der Waals surface area (Å²) in [7, 11) is 0. The Morgan fingerprint density at radius 1 is 1.43 bits per heavy atom. The van der Waals surface area contributed by atoms with Crippen LogP contribution in [0.2, 0.25) is 0 Å². The molecule has 2 aromatic rings. The molecule has 0 amide bonds. The quantitative estimate of drug-likeness (QED) is 0.807. The highest BCUT2D eigenvalue weighted by Gasteiger charge is 2.02. The number of aromatic nitrogens is 2. The zero-order valence-electron chi connectivity index (χ0n) is 7.27. The van der Waals surface area contributed by atoms with E-state index in [0.717, 1.165) is 0 Å². The van der Waals surface area contributed by atoms with Gasteiger partial charge in [0.05, 0.1) is 6.54 Å². The predicted octanol–water partition coefficient (Wildman–Crippen LogP) is 1.82. The largest absolute Gasteiger partial charge is 0.364 e. The van der Waals surface area contributed by atoms with Gasteiger partial charge in [-0.25, -0.2) is 9.37 Å². The van der Waals surface area contributed by atoms with Crippen LogP contribution < -0.4 is 5.32 Å². The Morgan fingerprint density at radius 2 is 2.36 bits per heavy atom. The van der Waals surface area contributed by atoms with Crippen molar-refractivity contribution in [3.8, 4) is 0 Å². The van der Waals surface area contributed by atoms with Gasteiger partial charge in [-0.05, 0) is 12.1 Å². The van der Waals surface area contributed by atoms with Gasteiger partial charge in [0.1, 0.15) is 12.0 Å². The summed E-state index contributed by atoms with van der Waals surface area (Å²) in [5, 5.41) is 6.48. The minimum absolute atomic E-state index is 0.218. The molecule has 0 aliphatic rings. The summed E-state index contributed by atoms with van der Waals surface area (Å²) in [6.45, 7) is 0.393. The van der Waals surface area contributed by atoms with E-state index in [1.54, 1.807) is 6.07 Å². The lowest BCUT2D eigenvalue weighted by Crippen LogP contribution is -2.03. The first-order valence-corrected chi connectivity index (χ1v) is 4.10. The summed E-state index contributed by atoms with van der Waals surface area (Å²) in [4.78, 5) is 3.83. The molecule has 0 aromatic carbocycles. The fraction of sp³-hybridized carbons (Fsp3) is 0.111. The third-order valence-corrected chi connectivity index (χ3v) is 1.69. The molecule has 2 heterocycles. The molecule has 1 N–H and O–H groups in total. The summed E-state index contributed by atoms with van der Waals surface area (Å²) < 4.78 is 17.7. The Balaban J connectivity index is 2.02. The third kappa shape index (κ3) is 1.87. The number of hydrogen-bond acceptors (Lipinski definition) is 4. The van der Waals surface area contributed by atoms with Crippen molar-refractivity contribution in [1.29, 1.82) is 0 Å². The Morgan fingerprint density at radius 3 is 3.07 bits per heavy atom. The van der Waals surface area contributed by atoms with Gasteiger partial charge in [0.2, 0.25) is 0 Å². The number of rotatable bonds is 3. The van der Waals surface area contributed by atoms with Crippen LogP contribution in [0.5, 0.6) is 0 Å². The molecule has 0 saturated carbocycles. The van der Waals surface area contributed by atoms with Crippen molar-refractivity contribution in [1.82, 2.24) is 10.1 Å². The van der Waals surface area contributed by atoms with E-state index in [0.29, 0.717) is 12.2 Å². The minimum atomic E-state index is -0.379. The average molecular weight is 193 g/mol. The van der Waals surface area contributed by atoms with E-state index in [1.807, 2.05) is 0 Å². The van der Waals surface area contributed by atoms with Crippen LogP contribution in [0.3, 0.4) is 0 Å². The van der Waals surface area contributed by atoms with E-state index >= 15 is 0 Å². The second-order valence-electron chi connectivity index (χ2n) is 2.68. The van der Waals surface area contributed by atoms with Crippen molar-refractivity contribution < 1.29 is 8.91 Å². The molecular weight excluding hydrogens is 185 g/mol. The van der Waals surface area contributed by atoms with Crippen molar-refractivity contribution >= 4 is 5.82 Å². The first-order chi connectivity index (χ1) is 6.86. The maximum Gasteiger partial charge on any atom is 0.165 e. The standard InChI is InChI=1S/C9H8FN3O/c10-8-2-1-4-11-9(8)12-6-7-3-5-14-13-7/h1-5H,6H2,(H,11,12). The van der Waals surface area contributed by atoms with E-state index in [-0.39, 0.29) is 11.6 Å². The zero-order valence-corrected chi connectivity index (χ0v) is 7.27. The van der Waals surface area contributed by atoms with Gasteiger partial charge in [-0.1, -0.05) is 5.16 Å². The highest BCUT2D eigenvalue weighted by molar-refractivity contribution is 5.35. The smallest absolute Gasteiger partial charge is 0.165 e. The maximum absolute atomic E-state index is 13.0. The summed E-state index contributed by atoms with van der Waals surface area (Å²) in [5.74, 6) is -0.161. The maximum atomic E-state index is 13.0. The van der Waals surface area contributed by atoms with Crippen LogP contribution in [0, 0.1) is 5.82 Å². The van der Waals surface area contributed by atoms with Crippen LogP contribution in [-0.2, 0) is 6.54 Å². The van der Waals surface area contributed by atoms with Gasteiger partial charge < -0.3 is 9.84 Å². The van der Waals surface area contributed by atoms with Crippen LogP contribution in [-0.4, -0.2) is 10.1 Å². The van der Waals surface area contributed by atoms with Gasteiger partial charge in [-0.15, -0.1) is 0 Å². The molecule has 0 aliphatic carbocycles. The van der Waals surface area contributed by atoms with Gasteiger partial charge in [0, 0.05) is 12.3 Å². The van der Waals surface area contributed by atoms with Crippen LogP contribution >= 0.6 is 0 Å². The van der Waals surface area contributed by atoms with Crippen LogP contribution in [0.4, 0.5) is 10.2 Å². The van der Waals surface area contributed by atoms with E-state index in [9.17, 15) is 4.39 Å². The molecule has 14 heavy (non-hydrogen) atoms. The van der Waals surface area contributed by atoms with Gasteiger partial charge in [0.25, 0.3) is 0 Å². The monoisotopic (exact) mass is 193 g/mol. The van der Waals surface area contributed by atoms with Crippen molar-refractivity contribution in [2.24, 2.45) is 0 Å².